The molecule has 0 aliphatic carbocycles. The van der Waals surface area contributed by atoms with Crippen LogP contribution in [0.2, 0.25) is 0 Å². The molecule has 4 aromatic rings. The largest absolute Gasteiger partial charge is 0.497 e. The van der Waals surface area contributed by atoms with Crippen molar-refractivity contribution in [1.29, 1.82) is 0 Å². The van der Waals surface area contributed by atoms with E-state index in [1.165, 1.54) is 7.11 Å². The van der Waals surface area contributed by atoms with Crippen molar-refractivity contribution in [2.75, 3.05) is 17.7 Å². The van der Waals surface area contributed by atoms with Crippen molar-refractivity contribution in [1.82, 2.24) is 5.32 Å². The number of anilines is 2. The first-order valence-corrected chi connectivity index (χ1v) is 10.6. The zero-order chi connectivity index (χ0) is 23.2. The number of rotatable bonds is 5. The van der Waals surface area contributed by atoms with Crippen LogP contribution < -0.4 is 20.7 Å². The number of amides is 2. The van der Waals surface area contributed by atoms with Crippen LogP contribution in [0.5, 0.6) is 5.75 Å². The Bertz CT molecular complexity index is 1350. The highest BCUT2D eigenvalue weighted by Gasteiger charge is 2.10. The van der Waals surface area contributed by atoms with Crippen molar-refractivity contribution in [3.8, 4) is 5.75 Å². The van der Waals surface area contributed by atoms with Gasteiger partial charge in [0, 0.05) is 22.5 Å². The standard InChI is InChI=1S/C26H21N3O3S/c1-32-23-11-4-8-19(15-23)25(31)29-26(33)28-22-10-5-9-21(16-22)27-24(30)20-13-12-17-6-2-3-7-18(17)14-20/h2-16H,1H3,(H,27,30)(H2,28,29,31,33). The highest BCUT2D eigenvalue weighted by atomic mass is 32.1. The van der Waals surface area contributed by atoms with Gasteiger partial charge in [-0.25, -0.2) is 0 Å². The topological polar surface area (TPSA) is 79.5 Å². The van der Waals surface area contributed by atoms with Crippen LogP contribution >= 0.6 is 12.2 Å². The van der Waals surface area contributed by atoms with Gasteiger partial charge in [0.2, 0.25) is 0 Å². The summed E-state index contributed by atoms with van der Waals surface area (Å²) >= 11 is 5.26. The average molecular weight is 456 g/mol. The number of fused-ring (bicyclic) bond motifs is 1. The number of methoxy groups -OCH3 is 1. The number of benzene rings is 4. The summed E-state index contributed by atoms with van der Waals surface area (Å²) in [5.41, 5.74) is 2.21. The molecule has 0 fully saturated rings. The summed E-state index contributed by atoms with van der Waals surface area (Å²) in [5.74, 6) is 0.00959. The number of thiocarbonyl (C=S) groups is 1. The lowest BCUT2D eigenvalue weighted by Crippen LogP contribution is -2.34. The van der Waals surface area contributed by atoms with Crippen LogP contribution in [0.15, 0.2) is 91.0 Å². The minimum absolute atomic E-state index is 0.140. The number of nitrogens with one attached hydrogen (secondary N) is 3. The second kappa shape index (κ2) is 9.93. The molecule has 3 N–H and O–H groups in total. The molecule has 4 rings (SSSR count). The maximum atomic E-state index is 12.7. The summed E-state index contributed by atoms with van der Waals surface area (Å²) in [6.45, 7) is 0. The van der Waals surface area contributed by atoms with Gasteiger partial charge in [0.05, 0.1) is 7.11 Å². The molecule has 0 aliphatic rings. The van der Waals surface area contributed by atoms with Crippen LogP contribution in [0.1, 0.15) is 20.7 Å². The van der Waals surface area contributed by atoms with Gasteiger partial charge in [-0.2, -0.15) is 0 Å². The van der Waals surface area contributed by atoms with Crippen molar-refractivity contribution in [2.24, 2.45) is 0 Å². The zero-order valence-corrected chi connectivity index (χ0v) is 18.6. The molecule has 0 heterocycles. The fraction of sp³-hybridized carbons (Fsp3) is 0.0385. The number of hydrogen-bond donors (Lipinski definition) is 3. The van der Waals surface area contributed by atoms with Gasteiger partial charge in [0.15, 0.2) is 5.11 Å². The third kappa shape index (κ3) is 5.53. The summed E-state index contributed by atoms with van der Waals surface area (Å²) in [7, 11) is 1.54. The second-order valence-corrected chi connectivity index (χ2v) is 7.65. The van der Waals surface area contributed by atoms with Crippen LogP contribution in [-0.4, -0.2) is 24.0 Å². The van der Waals surface area contributed by atoms with E-state index in [4.69, 9.17) is 17.0 Å². The molecule has 2 amide bonds. The van der Waals surface area contributed by atoms with Crippen LogP contribution in [0.4, 0.5) is 11.4 Å². The van der Waals surface area contributed by atoms with E-state index in [1.54, 1.807) is 54.6 Å². The Labute approximate surface area is 196 Å². The molecular weight excluding hydrogens is 434 g/mol. The van der Waals surface area contributed by atoms with Crippen molar-refractivity contribution >= 4 is 51.3 Å². The first kappa shape index (κ1) is 22.0. The summed E-state index contributed by atoms with van der Waals surface area (Å²) in [6, 6.07) is 27.3. The van der Waals surface area contributed by atoms with E-state index >= 15 is 0 Å². The fourth-order valence-electron chi connectivity index (χ4n) is 3.31. The SMILES string of the molecule is COc1cccc(C(=O)NC(=S)Nc2cccc(NC(=O)c3ccc4ccccc4c3)c2)c1. The van der Waals surface area contributed by atoms with E-state index in [0.717, 1.165) is 10.8 Å². The molecule has 0 radical (unpaired) electrons. The minimum Gasteiger partial charge on any atom is -0.497 e. The van der Waals surface area contributed by atoms with Crippen molar-refractivity contribution in [3.05, 3.63) is 102 Å². The molecule has 4 aromatic carbocycles. The lowest BCUT2D eigenvalue weighted by molar-refractivity contribution is 0.0976. The molecule has 0 saturated carbocycles. The molecule has 0 spiro atoms. The molecular formula is C26H21N3O3S. The molecule has 33 heavy (non-hydrogen) atoms. The summed E-state index contributed by atoms with van der Waals surface area (Å²) < 4.78 is 5.14. The Morgan fingerprint density at radius 2 is 1.39 bits per heavy atom. The average Bonchev–Trinajstić information content (AvgIpc) is 2.83. The van der Waals surface area contributed by atoms with Crippen molar-refractivity contribution < 1.29 is 14.3 Å². The maximum absolute atomic E-state index is 12.7. The smallest absolute Gasteiger partial charge is 0.257 e. The fourth-order valence-corrected chi connectivity index (χ4v) is 3.52. The minimum atomic E-state index is -0.354. The number of ether oxygens (including phenoxy) is 1. The number of carbonyl (C=O) groups excluding carboxylic acids is 2. The monoisotopic (exact) mass is 455 g/mol. The third-order valence-corrected chi connectivity index (χ3v) is 5.15. The van der Waals surface area contributed by atoms with E-state index < -0.39 is 0 Å². The summed E-state index contributed by atoms with van der Waals surface area (Å²) in [6.07, 6.45) is 0. The van der Waals surface area contributed by atoms with Gasteiger partial charge < -0.3 is 15.4 Å². The normalized spacial score (nSPS) is 10.3. The van der Waals surface area contributed by atoms with E-state index in [1.807, 2.05) is 36.4 Å². The van der Waals surface area contributed by atoms with E-state index in [0.29, 0.717) is 28.3 Å². The van der Waals surface area contributed by atoms with Gasteiger partial charge in [-0.3, -0.25) is 14.9 Å². The molecule has 0 unspecified atom stereocenters. The molecule has 164 valence electrons. The molecule has 0 atom stereocenters. The molecule has 0 aliphatic heterocycles. The van der Waals surface area contributed by atoms with E-state index in [9.17, 15) is 9.59 Å². The quantitative estimate of drug-likeness (QED) is 0.359. The highest BCUT2D eigenvalue weighted by Crippen LogP contribution is 2.19. The van der Waals surface area contributed by atoms with Gasteiger partial charge in [-0.15, -0.1) is 0 Å². The first-order valence-electron chi connectivity index (χ1n) is 10.2. The first-order chi connectivity index (χ1) is 16.0. The second-order valence-electron chi connectivity index (χ2n) is 7.24. The van der Waals surface area contributed by atoms with Gasteiger partial charge in [0.25, 0.3) is 11.8 Å². The highest BCUT2D eigenvalue weighted by molar-refractivity contribution is 7.80. The van der Waals surface area contributed by atoms with Gasteiger partial charge in [-0.05, 0) is 71.5 Å². The number of hydrogen-bond acceptors (Lipinski definition) is 4. The number of carbonyl (C=O) groups is 2. The van der Waals surface area contributed by atoms with E-state index in [-0.39, 0.29) is 16.9 Å². The van der Waals surface area contributed by atoms with Crippen LogP contribution in [0, 0.1) is 0 Å². The Morgan fingerprint density at radius 1 is 0.697 bits per heavy atom. The van der Waals surface area contributed by atoms with Crippen LogP contribution in [-0.2, 0) is 0 Å². The summed E-state index contributed by atoms with van der Waals surface area (Å²) in [5, 5.41) is 10.7. The van der Waals surface area contributed by atoms with Gasteiger partial charge in [-0.1, -0.05) is 42.5 Å². The van der Waals surface area contributed by atoms with Crippen molar-refractivity contribution in [3.63, 3.8) is 0 Å². The Hall–Kier alpha value is -4.23. The molecule has 0 saturated heterocycles. The van der Waals surface area contributed by atoms with Crippen LogP contribution in [0.3, 0.4) is 0 Å². The lowest BCUT2D eigenvalue weighted by atomic mass is 10.1. The molecule has 0 aromatic heterocycles. The van der Waals surface area contributed by atoms with Gasteiger partial charge >= 0.3 is 0 Å². The Kier molecular flexibility index (Phi) is 6.61. The molecule has 7 heteroatoms. The molecule has 6 nitrogen and oxygen atoms in total. The zero-order valence-electron chi connectivity index (χ0n) is 17.8. The van der Waals surface area contributed by atoms with E-state index in [2.05, 4.69) is 16.0 Å². The lowest BCUT2D eigenvalue weighted by Gasteiger charge is -2.12. The third-order valence-electron chi connectivity index (χ3n) is 4.95. The van der Waals surface area contributed by atoms with Crippen molar-refractivity contribution in [2.45, 2.75) is 0 Å². The summed E-state index contributed by atoms with van der Waals surface area (Å²) in [4.78, 5) is 25.1. The van der Waals surface area contributed by atoms with Gasteiger partial charge in [0.1, 0.15) is 5.75 Å². The van der Waals surface area contributed by atoms with Crippen LogP contribution in [0.25, 0.3) is 10.8 Å². The predicted molar refractivity (Wildman–Crippen MR) is 135 cm³/mol. The maximum Gasteiger partial charge on any atom is 0.257 e. The molecule has 0 bridgehead atoms. The Morgan fingerprint density at radius 3 is 2.18 bits per heavy atom. The predicted octanol–water partition coefficient (Wildman–Crippen LogP) is 5.23. The Balaban J connectivity index is 1.40.